The molecule has 0 bridgehead atoms. The van der Waals surface area contributed by atoms with E-state index in [2.05, 4.69) is 15.9 Å². The zero-order chi connectivity index (χ0) is 18.9. The van der Waals surface area contributed by atoms with Crippen molar-refractivity contribution in [2.24, 2.45) is 0 Å². The number of amides is 1. The molecule has 0 aromatic heterocycles. The fraction of sp³-hybridized carbons (Fsp3) is 0.235. The van der Waals surface area contributed by atoms with Crippen LogP contribution in [-0.2, 0) is 10.0 Å². The first-order valence-electron chi connectivity index (χ1n) is 7.79. The van der Waals surface area contributed by atoms with Crippen molar-refractivity contribution in [3.63, 3.8) is 0 Å². The van der Waals surface area contributed by atoms with Gasteiger partial charge >= 0.3 is 0 Å². The molecule has 0 radical (unpaired) electrons. The Morgan fingerprint density at radius 3 is 2.35 bits per heavy atom. The molecule has 0 spiro atoms. The highest BCUT2D eigenvalue weighted by Gasteiger charge is 2.31. The summed E-state index contributed by atoms with van der Waals surface area (Å²) in [4.78, 5) is 13.8. The summed E-state index contributed by atoms with van der Waals surface area (Å²) >= 11 is 3.20. The van der Waals surface area contributed by atoms with E-state index in [-0.39, 0.29) is 36.6 Å². The first-order valence-corrected chi connectivity index (χ1v) is 10.0. The van der Waals surface area contributed by atoms with Crippen LogP contribution in [0.25, 0.3) is 0 Å². The van der Waals surface area contributed by atoms with Gasteiger partial charge in [-0.15, -0.1) is 0 Å². The van der Waals surface area contributed by atoms with E-state index in [1.54, 1.807) is 0 Å². The van der Waals surface area contributed by atoms with E-state index in [0.29, 0.717) is 4.47 Å². The Bertz CT molecular complexity index is 945. The number of piperazine rings is 1. The zero-order valence-electron chi connectivity index (χ0n) is 13.5. The van der Waals surface area contributed by atoms with Gasteiger partial charge in [0.1, 0.15) is 11.6 Å². The van der Waals surface area contributed by atoms with Crippen molar-refractivity contribution in [3.05, 3.63) is 64.1 Å². The molecule has 1 fully saturated rings. The van der Waals surface area contributed by atoms with Crippen LogP contribution in [-0.4, -0.2) is 49.7 Å². The van der Waals surface area contributed by atoms with Gasteiger partial charge in [0, 0.05) is 30.7 Å². The summed E-state index contributed by atoms with van der Waals surface area (Å²) in [5, 5.41) is 0. The quantitative estimate of drug-likeness (QED) is 0.731. The van der Waals surface area contributed by atoms with Crippen LogP contribution in [0.15, 0.2) is 51.8 Å². The molecule has 1 aliphatic rings. The van der Waals surface area contributed by atoms with Crippen LogP contribution >= 0.6 is 15.9 Å². The third-order valence-electron chi connectivity index (χ3n) is 4.12. The molecule has 2 aromatic carbocycles. The molecule has 138 valence electrons. The van der Waals surface area contributed by atoms with Crippen molar-refractivity contribution >= 4 is 31.9 Å². The number of sulfonamides is 1. The molecule has 1 aliphatic heterocycles. The highest BCUT2D eigenvalue weighted by atomic mass is 79.9. The van der Waals surface area contributed by atoms with Crippen LogP contribution in [0.5, 0.6) is 0 Å². The third kappa shape index (κ3) is 3.79. The number of carbonyl (C=O) groups is 1. The Hall–Kier alpha value is -1.84. The Morgan fingerprint density at radius 1 is 1.00 bits per heavy atom. The molecule has 0 N–H and O–H groups in total. The largest absolute Gasteiger partial charge is 0.336 e. The molecule has 0 unspecified atom stereocenters. The van der Waals surface area contributed by atoms with Crippen molar-refractivity contribution in [2.45, 2.75) is 4.90 Å². The zero-order valence-corrected chi connectivity index (χ0v) is 15.9. The predicted octanol–water partition coefficient (Wildman–Crippen LogP) is 2.87. The summed E-state index contributed by atoms with van der Waals surface area (Å²) in [7, 11) is -3.84. The summed E-state index contributed by atoms with van der Waals surface area (Å²) < 4.78 is 54.1. The smallest absolute Gasteiger partial charge is 0.256 e. The molecule has 2 aromatic rings. The molecule has 0 aliphatic carbocycles. The molecular weight excluding hydrogens is 430 g/mol. The molecule has 1 heterocycles. The second-order valence-electron chi connectivity index (χ2n) is 5.78. The highest BCUT2D eigenvalue weighted by molar-refractivity contribution is 9.10. The van der Waals surface area contributed by atoms with Gasteiger partial charge in [0.15, 0.2) is 0 Å². The van der Waals surface area contributed by atoms with E-state index in [4.69, 9.17) is 0 Å². The number of benzene rings is 2. The third-order valence-corrected chi connectivity index (χ3v) is 6.51. The van der Waals surface area contributed by atoms with Crippen molar-refractivity contribution in [2.75, 3.05) is 26.2 Å². The standard InChI is InChI=1S/C17H15BrF2N2O3S/c18-12-4-5-16(20)15(10-12)17(23)21-6-8-22(9-7-21)26(24,25)14-3-1-2-13(19)11-14/h1-5,10-11H,6-9H2. The Kier molecular flexibility index (Phi) is 5.40. The SMILES string of the molecule is O=C(c1cc(Br)ccc1F)N1CCN(S(=O)(=O)c2cccc(F)c2)CC1. The maximum absolute atomic E-state index is 13.9. The molecular formula is C17H15BrF2N2O3S. The van der Waals surface area contributed by atoms with Gasteiger partial charge in [-0.1, -0.05) is 22.0 Å². The average molecular weight is 445 g/mol. The van der Waals surface area contributed by atoms with Crippen LogP contribution < -0.4 is 0 Å². The second-order valence-corrected chi connectivity index (χ2v) is 8.63. The lowest BCUT2D eigenvalue weighted by atomic mass is 10.1. The number of nitrogens with zero attached hydrogens (tertiary/aromatic N) is 2. The van der Waals surface area contributed by atoms with Gasteiger partial charge in [-0.05, 0) is 36.4 Å². The number of halogens is 3. The number of carbonyl (C=O) groups excluding carboxylic acids is 1. The first kappa shape index (κ1) is 18.9. The normalized spacial score (nSPS) is 15.9. The first-order chi connectivity index (χ1) is 12.3. The Morgan fingerprint density at radius 2 is 1.69 bits per heavy atom. The van der Waals surface area contributed by atoms with Crippen LogP contribution in [0.2, 0.25) is 0 Å². The summed E-state index contributed by atoms with van der Waals surface area (Å²) in [6.07, 6.45) is 0. The fourth-order valence-corrected chi connectivity index (χ4v) is 4.56. The van der Waals surface area contributed by atoms with Gasteiger partial charge in [-0.2, -0.15) is 4.31 Å². The van der Waals surface area contributed by atoms with Crippen molar-refractivity contribution in [1.82, 2.24) is 9.21 Å². The summed E-state index contributed by atoms with van der Waals surface area (Å²) in [6, 6.07) is 8.88. The molecule has 1 amide bonds. The van der Waals surface area contributed by atoms with Crippen molar-refractivity contribution in [3.8, 4) is 0 Å². The van der Waals surface area contributed by atoms with E-state index < -0.39 is 27.6 Å². The summed E-state index contributed by atoms with van der Waals surface area (Å²) in [5.74, 6) is -1.76. The summed E-state index contributed by atoms with van der Waals surface area (Å²) in [6.45, 7) is 0.360. The lowest BCUT2D eigenvalue weighted by molar-refractivity contribution is 0.0693. The van der Waals surface area contributed by atoms with Crippen molar-refractivity contribution in [1.29, 1.82) is 0 Å². The van der Waals surface area contributed by atoms with E-state index in [1.807, 2.05) is 0 Å². The molecule has 5 nitrogen and oxygen atoms in total. The van der Waals surface area contributed by atoms with Crippen LogP contribution in [0.1, 0.15) is 10.4 Å². The van der Waals surface area contributed by atoms with Gasteiger partial charge in [0.05, 0.1) is 10.5 Å². The van der Waals surface area contributed by atoms with E-state index in [1.165, 1.54) is 45.6 Å². The molecule has 9 heteroatoms. The molecule has 0 atom stereocenters. The minimum atomic E-state index is -3.84. The lowest BCUT2D eigenvalue weighted by Crippen LogP contribution is -2.50. The number of hydrogen-bond acceptors (Lipinski definition) is 3. The van der Waals surface area contributed by atoms with Gasteiger partial charge in [-0.3, -0.25) is 4.79 Å². The summed E-state index contributed by atoms with van der Waals surface area (Å²) in [5.41, 5.74) is -0.0687. The molecule has 0 saturated carbocycles. The number of hydrogen-bond donors (Lipinski definition) is 0. The topological polar surface area (TPSA) is 57.7 Å². The van der Waals surface area contributed by atoms with Gasteiger partial charge in [-0.25, -0.2) is 17.2 Å². The lowest BCUT2D eigenvalue weighted by Gasteiger charge is -2.34. The number of rotatable bonds is 3. The van der Waals surface area contributed by atoms with E-state index in [9.17, 15) is 22.0 Å². The Balaban J connectivity index is 1.73. The highest BCUT2D eigenvalue weighted by Crippen LogP contribution is 2.21. The van der Waals surface area contributed by atoms with Crippen LogP contribution in [0.3, 0.4) is 0 Å². The van der Waals surface area contributed by atoms with E-state index in [0.717, 1.165) is 6.07 Å². The van der Waals surface area contributed by atoms with E-state index >= 15 is 0 Å². The maximum Gasteiger partial charge on any atom is 0.256 e. The van der Waals surface area contributed by atoms with Crippen LogP contribution in [0, 0.1) is 11.6 Å². The minimum absolute atomic E-state index is 0.0558. The fourth-order valence-electron chi connectivity index (χ4n) is 2.74. The minimum Gasteiger partial charge on any atom is -0.336 e. The van der Waals surface area contributed by atoms with Gasteiger partial charge < -0.3 is 4.90 Å². The van der Waals surface area contributed by atoms with Gasteiger partial charge in [0.2, 0.25) is 10.0 Å². The second kappa shape index (κ2) is 7.42. The average Bonchev–Trinajstić information content (AvgIpc) is 2.63. The molecule has 1 saturated heterocycles. The maximum atomic E-state index is 13.9. The Labute approximate surface area is 158 Å². The van der Waals surface area contributed by atoms with Crippen LogP contribution in [0.4, 0.5) is 8.78 Å². The van der Waals surface area contributed by atoms with Crippen molar-refractivity contribution < 1.29 is 22.0 Å². The van der Waals surface area contributed by atoms with Gasteiger partial charge in [0.25, 0.3) is 5.91 Å². The predicted molar refractivity (Wildman–Crippen MR) is 95.2 cm³/mol. The molecule has 3 rings (SSSR count). The monoisotopic (exact) mass is 444 g/mol. The molecule has 26 heavy (non-hydrogen) atoms.